The van der Waals surface area contributed by atoms with E-state index in [1.807, 2.05) is 25.1 Å². The number of aromatic hydroxyl groups is 1. The summed E-state index contributed by atoms with van der Waals surface area (Å²) in [5.41, 5.74) is 3.81. The molecule has 0 aliphatic rings. The average molecular weight is 384 g/mol. The van der Waals surface area contributed by atoms with Crippen LogP contribution in [-0.4, -0.2) is 22.2 Å². The first-order valence-corrected chi connectivity index (χ1v) is 7.96. The van der Waals surface area contributed by atoms with E-state index in [1.165, 1.54) is 13.2 Å². The van der Waals surface area contributed by atoms with E-state index in [-0.39, 0.29) is 5.75 Å². The number of ether oxygens (including phenoxy) is 1. The van der Waals surface area contributed by atoms with Gasteiger partial charge in [-0.25, -0.2) is 4.98 Å². The number of nitrogens with one attached hydrogen (secondary N) is 1. The highest BCUT2D eigenvalue weighted by Gasteiger charge is 2.11. The molecule has 6 heteroatoms. The molecule has 0 amide bonds. The van der Waals surface area contributed by atoms with E-state index in [9.17, 15) is 10.4 Å². The molecule has 0 bridgehead atoms. The first-order valence-electron chi connectivity index (χ1n) is 7.17. The molecule has 24 heavy (non-hydrogen) atoms. The van der Waals surface area contributed by atoms with Crippen LogP contribution in [0, 0.1) is 18.3 Å². The molecular weight excluding hydrogens is 370 g/mol. The number of imidazole rings is 1. The summed E-state index contributed by atoms with van der Waals surface area (Å²) in [4.78, 5) is 7.62. The Morgan fingerprint density at radius 2 is 2.17 bits per heavy atom. The summed E-state index contributed by atoms with van der Waals surface area (Å²) >= 11 is 3.42. The van der Waals surface area contributed by atoms with Crippen molar-refractivity contribution < 1.29 is 9.84 Å². The molecule has 2 aromatic carbocycles. The van der Waals surface area contributed by atoms with Gasteiger partial charge in [0.15, 0.2) is 11.5 Å². The minimum absolute atomic E-state index is 0.00414. The lowest BCUT2D eigenvalue weighted by Crippen LogP contribution is -1.88. The summed E-state index contributed by atoms with van der Waals surface area (Å²) in [5.74, 6) is 0.849. The Morgan fingerprint density at radius 1 is 1.38 bits per heavy atom. The molecule has 0 aliphatic heterocycles. The number of allylic oxidation sites excluding steroid dienone is 1. The van der Waals surface area contributed by atoms with Gasteiger partial charge in [0.1, 0.15) is 11.9 Å². The minimum Gasteiger partial charge on any atom is -0.504 e. The quantitative estimate of drug-likeness (QED) is 0.656. The molecule has 120 valence electrons. The van der Waals surface area contributed by atoms with Gasteiger partial charge in [0.25, 0.3) is 0 Å². The first kappa shape index (κ1) is 16.1. The van der Waals surface area contributed by atoms with Crippen LogP contribution in [0.5, 0.6) is 11.5 Å². The van der Waals surface area contributed by atoms with Gasteiger partial charge in [0.2, 0.25) is 0 Å². The van der Waals surface area contributed by atoms with Crippen LogP contribution in [0.4, 0.5) is 0 Å². The topological polar surface area (TPSA) is 81.9 Å². The van der Waals surface area contributed by atoms with Crippen molar-refractivity contribution in [1.82, 2.24) is 9.97 Å². The van der Waals surface area contributed by atoms with Gasteiger partial charge < -0.3 is 14.8 Å². The Labute approximate surface area is 147 Å². The molecule has 0 atom stereocenters. The van der Waals surface area contributed by atoms with Crippen LogP contribution in [0.15, 0.2) is 34.8 Å². The predicted octanol–water partition coefficient (Wildman–Crippen LogP) is 4.41. The number of phenols is 1. The van der Waals surface area contributed by atoms with Gasteiger partial charge in [0.05, 0.1) is 23.7 Å². The second-order valence-electron chi connectivity index (χ2n) is 5.32. The van der Waals surface area contributed by atoms with Crippen LogP contribution in [-0.2, 0) is 0 Å². The van der Waals surface area contributed by atoms with Crippen molar-refractivity contribution in [3.8, 4) is 17.6 Å². The number of phenolic OH excluding ortho intramolecular Hbond substituents is 1. The highest BCUT2D eigenvalue weighted by molar-refractivity contribution is 9.10. The van der Waals surface area contributed by atoms with Gasteiger partial charge in [0, 0.05) is 4.47 Å². The molecule has 0 saturated carbocycles. The molecule has 0 aliphatic carbocycles. The number of aryl methyl sites for hydroxylation is 1. The SMILES string of the molecule is COc1cc(Br)c(/C=C(/C#N)c2nc3ccc(C)cc3[nH]2)cc1O. The number of benzene rings is 2. The number of nitriles is 1. The maximum atomic E-state index is 9.94. The van der Waals surface area contributed by atoms with Crippen molar-refractivity contribution in [1.29, 1.82) is 5.26 Å². The third kappa shape index (κ3) is 2.99. The third-order valence-electron chi connectivity index (χ3n) is 3.61. The number of aromatic amines is 1. The number of methoxy groups -OCH3 is 1. The second kappa shape index (κ2) is 6.38. The van der Waals surface area contributed by atoms with Crippen molar-refractivity contribution in [3.63, 3.8) is 0 Å². The van der Waals surface area contributed by atoms with Gasteiger partial charge >= 0.3 is 0 Å². The van der Waals surface area contributed by atoms with Crippen molar-refractivity contribution in [2.45, 2.75) is 6.92 Å². The lowest BCUT2D eigenvalue weighted by molar-refractivity contribution is 0.373. The number of hydrogen-bond acceptors (Lipinski definition) is 4. The van der Waals surface area contributed by atoms with E-state index in [1.54, 1.807) is 12.1 Å². The van der Waals surface area contributed by atoms with Gasteiger partial charge in [-0.1, -0.05) is 22.0 Å². The van der Waals surface area contributed by atoms with E-state index in [2.05, 4.69) is 32.0 Å². The van der Waals surface area contributed by atoms with Gasteiger partial charge in [-0.3, -0.25) is 0 Å². The molecule has 0 unspecified atom stereocenters. The molecule has 2 N–H and O–H groups in total. The summed E-state index contributed by atoms with van der Waals surface area (Å²) in [6.07, 6.45) is 1.66. The maximum absolute atomic E-state index is 9.94. The summed E-state index contributed by atoms with van der Waals surface area (Å²) in [6.45, 7) is 2.00. The van der Waals surface area contributed by atoms with Crippen molar-refractivity contribution in [3.05, 3.63) is 51.8 Å². The number of rotatable bonds is 3. The normalized spacial score (nSPS) is 11.5. The zero-order valence-electron chi connectivity index (χ0n) is 13.1. The van der Waals surface area contributed by atoms with Gasteiger partial charge in [-0.15, -0.1) is 0 Å². The largest absolute Gasteiger partial charge is 0.504 e. The smallest absolute Gasteiger partial charge is 0.161 e. The first-order chi connectivity index (χ1) is 11.5. The lowest BCUT2D eigenvalue weighted by Gasteiger charge is -2.06. The summed E-state index contributed by atoms with van der Waals surface area (Å²) < 4.78 is 5.77. The van der Waals surface area contributed by atoms with Gasteiger partial charge in [-0.2, -0.15) is 5.26 Å². The number of nitrogens with zero attached hydrogens (tertiary/aromatic N) is 2. The fraction of sp³-hybridized carbons (Fsp3) is 0.111. The van der Waals surface area contributed by atoms with Crippen LogP contribution >= 0.6 is 15.9 Å². The second-order valence-corrected chi connectivity index (χ2v) is 6.18. The Hall–Kier alpha value is -2.78. The number of hydrogen-bond donors (Lipinski definition) is 2. The minimum atomic E-state index is 0.00414. The molecule has 0 spiro atoms. The van der Waals surface area contributed by atoms with Crippen LogP contribution < -0.4 is 4.74 Å². The molecule has 3 rings (SSSR count). The Bertz CT molecular complexity index is 999. The zero-order chi connectivity index (χ0) is 17.3. The van der Waals surface area contributed by atoms with Crippen LogP contribution in [0.3, 0.4) is 0 Å². The fourth-order valence-corrected chi connectivity index (χ4v) is 2.83. The van der Waals surface area contributed by atoms with Crippen molar-refractivity contribution >= 4 is 38.6 Å². The fourth-order valence-electron chi connectivity index (χ4n) is 2.39. The van der Waals surface area contributed by atoms with Crippen LogP contribution in [0.2, 0.25) is 0 Å². The standard InChI is InChI=1S/C18H14BrN3O2/c1-10-3-4-14-15(5-10)22-18(21-14)12(9-20)6-11-7-16(23)17(24-2)8-13(11)19/h3-8,23H,1-2H3,(H,21,22)/b12-6-. The van der Waals surface area contributed by atoms with Crippen LogP contribution in [0.25, 0.3) is 22.7 Å². The molecule has 0 saturated heterocycles. The maximum Gasteiger partial charge on any atom is 0.161 e. The lowest BCUT2D eigenvalue weighted by atomic mass is 10.1. The number of fused-ring (bicyclic) bond motifs is 1. The molecule has 0 radical (unpaired) electrons. The number of halogens is 1. The van der Waals surface area contributed by atoms with Gasteiger partial charge in [-0.05, 0) is 48.4 Å². The highest BCUT2D eigenvalue weighted by Crippen LogP contribution is 2.34. The highest BCUT2D eigenvalue weighted by atomic mass is 79.9. The summed E-state index contributed by atoms with van der Waals surface area (Å²) in [5, 5.41) is 19.4. The Balaban J connectivity index is 2.09. The average Bonchev–Trinajstić information content (AvgIpc) is 2.97. The molecule has 1 aromatic heterocycles. The molecule has 1 heterocycles. The van der Waals surface area contributed by atoms with Crippen LogP contribution in [0.1, 0.15) is 17.0 Å². The number of H-pyrrole nitrogens is 1. The molecule has 3 aromatic rings. The number of aromatic nitrogens is 2. The Morgan fingerprint density at radius 3 is 2.88 bits per heavy atom. The van der Waals surface area contributed by atoms with E-state index in [0.717, 1.165) is 16.6 Å². The van der Waals surface area contributed by atoms with Crippen molar-refractivity contribution in [2.75, 3.05) is 7.11 Å². The summed E-state index contributed by atoms with van der Waals surface area (Å²) in [6, 6.07) is 11.2. The van der Waals surface area contributed by atoms with Crippen molar-refractivity contribution in [2.24, 2.45) is 0 Å². The zero-order valence-corrected chi connectivity index (χ0v) is 14.7. The third-order valence-corrected chi connectivity index (χ3v) is 4.30. The summed E-state index contributed by atoms with van der Waals surface area (Å²) in [7, 11) is 1.48. The monoisotopic (exact) mass is 383 g/mol. The van der Waals surface area contributed by atoms with E-state index in [0.29, 0.717) is 27.2 Å². The molecular formula is C18H14BrN3O2. The molecule has 5 nitrogen and oxygen atoms in total. The van der Waals surface area contributed by atoms with E-state index in [4.69, 9.17) is 4.74 Å². The predicted molar refractivity (Wildman–Crippen MR) is 96.7 cm³/mol. The molecule has 0 fully saturated rings. The van der Waals surface area contributed by atoms with E-state index >= 15 is 0 Å². The Kier molecular flexibility index (Phi) is 4.28. The van der Waals surface area contributed by atoms with E-state index < -0.39 is 0 Å².